The molecular formula is C14H11N5O2. The number of nitrogens with one attached hydrogen (secondary N) is 1. The van der Waals surface area contributed by atoms with Gasteiger partial charge in [0.1, 0.15) is 24.3 Å². The van der Waals surface area contributed by atoms with E-state index in [2.05, 4.69) is 11.9 Å². The summed E-state index contributed by atoms with van der Waals surface area (Å²) in [6.45, 7) is 3.46. The van der Waals surface area contributed by atoms with Crippen LogP contribution < -0.4 is 5.32 Å². The Bertz CT molecular complexity index is 621. The third-order valence-corrected chi connectivity index (χ3v) is 3.12. The summed E-state index contributed by atoms with van der Waals surface area (Å²) in [4.78, 5) is 10.9. The molecule has 1 fully saturated rings. The van der Waals surface area contributed by atoms with Gasteiger partial charge in [-0.3, -0.25) is 0 Å². The predicted molar refractivity (Wildman–Crippen MR) is 69.5 cm³/mol. The summed E-state index contributed by atoms with van der Waals surface area (Å²) in [5.41, 5.74) is -0.980. The molecule has 0 spiro atoms. The standard InChI is InChI=1S/C14H11N5O2/c1-2-12(20)21-4-3-19-13-11(10(6-15)7-16)5-14(13,8-17)9-18/h2,13,19H,1,3-5H2. The van der Waals surface area contributed by atoms with E-state index < -0.39 is 17.4 Å². The summed E-state index contributed by atoms with van der Waals surface area (Å²) in [7, 11) is 0. The number of hydrogen-bond donors (Lipinski definition) is 1. The second kappa shape index (κ2) is 6.87. The van der Waals surface area contributed by atoms with E-state index in [1.807, 2.05) is 12.1 Å². The zero-order chi connectivity index (χ0) is 15.9. The van der Waals surface area contributed by atoms with E-state index in [4.69, 9.17) is 25.8 Å². The fraction of sp³-hybridized carbons (Fsp3) is 0.357. The molecule has 1 unspecified atom stereocenters. The lowest BCUT2D eigenvalue weighted by atomic mass is 9.61. The average Bonchev–Trinajstić information content (AvgIpc) is 2.50. The van der Waals surface area contributed by atoms with Crippen molar-refractivity contribution in [3.05, 3.63) is 23.8 Å². The van der Waals surface area contributed by atoms with Crippen molar-refractivity contribution in [2.45, 2.75) is 12.5 Å². The van der Waals surface area contributed by atoms with E-state index in [9.17, 15) is 4.79 Å². The van der Waals surface area contributed by atoms with Crippen LogP contribution in [0, 0.1) is 50.7 Å². The molecule has 1 aliphatic carbocycles. The number of esters is 1. The Morgan fingerprint density at radius 3 is 2.48 bits per heavy atom. The summed E-state index contributed by atoms with van der Waals surface area (Å²) < 4.78 is 4.76. The van der Waals surface area contributed by atoms with Gasteiger partial charge in [0.2, 0.25) is 0 Å². The molecule has 21 heavy (non-hydrogen) atoms. The lowest BCUT2D eigenvalue weighted by Gasteiger charge is -2.42. The molecule has 0 aromatic rings. The molecule has 104 valence electrons. The van der Waals surface area contributed by atoms with Gasteiger partial charge in [0.05, 0.1) is 18.2 Å². The first kappa shape index (κ1) is 15.9. The third kappa shape index (κ3) is 3.07. The topological polar surface area (TPSA) is 133 Å². The number of rotatable bonds is 5. The van der Waals surface area contributed by atoms with E-state index >= 15 is 0 Å². The highest BCUT2D eigenvalue weighted by atomic mass is 16.5. The molecule has 7 nitrogen and oxygen atoms in total. The van der Waals surface area contributed by atoms with Crippen molar-refractivity contribution in [1.82, 2.24) is 5.32 Å². The Morgan fingerprint density at radius 1 is 1.38 bits per heavy atom. The number of carbonyl (C=O) groups excluding carboxylic acids is 1. The molecule has 1 saturated carbocycles. The van der Waals surface area contributed by atoms with Crippen molar-refractivity contribution < 1.29 is 9.53 Å². The first-order valence-electron chi connectivity index (χ1n) is 5.96. The normalized spacial score (nSPS) is 17.9. The Kier molecular flexibility index (Phi) is 5.21. The molecule has 7 heteroatoms. The molecule has 0 saturated heterocycles. The monoisotopic (exact) mass is 281 g/mol. The van der Waals surface area contributed by atoms with Crippen LogP contribution >= 0.6 is 0 Å². The van der Waals surface area contributed by atoms with E-state index in [1.165, 1.54) is 0 Å². The maximum Gasteiger partial charge on any atom is 0.330 e. The molecule has 1 N–H and O–H groups in total. The summed E-state index contributed by atoms with van der Waals surface area (Å²) in [5.74, 6) is -0.581. The van der Waals surface area contributed by atoms with E-state index in [1.54, 1.807) is 12.1 Å². The molecule has 0 bridgehead atoms. The minimum absolute atomic E-state index is 0.0238. The zero-order valence-electron chi connectivity index (χ0n) is 11.1. The van der Waals surface area contributed by atoms with Crippen LogP contribution in [0.15, 0.2) is 23.8 Å². The molecule has 1 rings (SSSR count). The number of allylic oxidation sites excluding steroid dienone is 1. The van der Waals surface area contributed by atoms with Gasteiger partial charge in [0, 0.05) is 19.0 Å². The highest BCUT2D eigenvalue weighted by molar-refractivity contribution is 5.81. The number of nitrogens with zero attached hydrogens (tertiary/aromatic N) is 4. The fourth-order valence-electron chi connectivity index (χ4n) is 2.02. The van der Waals surface area contributed by atoms with Crippen molar-refractivity contribution >= 4 is 5.97 Å². The van der Waals surface area contributed by atoms with Crippen molar-refractivity contribution in [1.29, 1.82) is 21.0 Å². The van der Waals surface area contributed by atoms with E-state index in [0.29, 0.717) is 5.57 Å². The van der Waals surface area contributed by atoms with Crippen LogP contribution in [0.1, 0.15) is 6.42 Å². The van der Waals surface area contributed by atoms with Crippen LogP contribution in [0.2, 0.25) is 0 Å². The Balaban J connectivity index is 2.80. The molecule has 0 aromatic carbocycles. The Morgan fingerprint density at radius 2 is 2.00 bits per heavy atom. The second-order valence-corrected chi connectivity index (χ2v) is 4.25. The minimum Gasteiger partial charge on any atom is -0.461 e. The molecule has 0 amide bonds. The number of hydrogen-bond acceptors (Lipinski definition) is 7. The molecule has 1 aliphatic rings. The van der Waals surface area contributed by atoms with Gasteiger partial charge in [-0.15, -0.1) is 0 Å². The maximum atomic E-state index is 10.9. The molecule has 0 heterocycles. The molecule has 1 atom stereocenters. The van der Waals surface area contributed by atoms with Gasteiger partial charge in [-0.25, -0.2) is 4.79 Å². The van der Waals surface area contributed by atoms with E-state index in [-0.39, 0.29) is 25.1 Å². The lowest BCUT2D eigenvalue weighted by molar-refractivity contribution is -0.137. The minimum atomic E-state index is -1.31. The van der Waals surface area contributed by atoms with Crippen LogP contribution in [0.4, 0.5) is 0 Å². The van der Waals surface area contributed by atoms with Gasteiger partial charge in [0.15, 0.2) is 5.41 Å². The Hall–Kier alpha value is -3.13. The van der Waals surface area contributed by atoms with Crippen molar-refractivity contribution in [3.8, 4) is 24.3 Å². The largest absolute Gasteiger partial charge is 0.461 e. The first-order valence-corrected chi connectivity index (χ1v) is 5.96. The second-order valence-electron chi connectivity index (χ2n) is 4.25. The number of ether oxygens (including phenoxy) is 1. The number of carbonyl (C=O) groups is 1. The zero-order valence-corrected chi connectivity index (χ0v) is 11.1. The first-order chi connectivity index (χ1) is 10.1. The van der Waals surface area contributed by atoms with Crippen LogP contribution in [-0.4, -0.2) is 25.2 Å². The molecular weight excluding hydrogens is 270 g/mol. The summed E-state index contributed by atoms with van der Waals surface area (Å²) in [5, 5.41) is 38.9. The highest BCUT2D eigenvalue weighted by Crippen LogP contribution is 2.45. The molecule has 0 aromatic heterocycles. The Labute approximate surface area is 121 Å². The van der Waals surface area contributed by atoms with Crippen molar-refractivity contribution in [2.75, 3.05) is 13.2 Å². The van der Waals surface area contributed by atoms with Gasteiger partial charge in [-0.1, -0.05) is 6.58 Å². The van der Waals surface area contributed by atoms with Crippen LogP contribution in [0.3, 0.4) is 0 Å². The highest BCUT2D eigenvalue weighted by Gasteiger charge is 2.53. The van der Waals surface area contributed by atoms with Crippen molar-refractivity contribution in [2.24, 2.45) is 5.41 Å². The molecule has 0 aliphatic heterocycles. The van der Waals surface area contributed by atoms with Gasteiger partial charge in [0.25, 0.3) is 0 Å². The predicted octanol–water partition coefficient (Wildman–Crippen LogP) is 0.455. The SMILES string of the molecule is C=CC(=O)OCCNC1C(=C(C#N)C#N)CC1(C#N)C#N. The van der Waals surface area contributed by atoms with Gasteiger partial charge >= 0.3 is 5.97 Å². The number of nitriles is 4. The summed E-state index contributed by atoms with van der Waals surface area (Å²) >= 11 is 0. The summed E-state index contributed by atoms with van der Waals surface area (Å²) in [6.07, 6.45) is 1.08. The quantitative estimate of drug-likeness (QED) is 0.334. The third-order valence-electron chi connectivity index (χ3n) is 3.12. The van der Waals surface area contributed by atoms with Crippen LogP contribution in [-0.2, 0) is 9.53 Å². The summed E-state index contributed by atoms with van der Waals surface area (Å²) in [6, 6.07) is 6.59. The van der Waals surface area contributed by atoms with Gasteiger partial charge < -0.3 is 10.1 Å². The maximum absolute atomic E-state index is 10.9. The average molecular weight is 281 g/mol. The smallest absolute Gasteiger partial charge is 0.330 e. The van der Waals surface area contributed by atoms with Gasteiger partial charge in [-0.05, 0) is 5.57 Å². The van der Waals surface area contributed by atoms with Crippen LogP contribution in [0.25, 0.3) is 0 Å². The van der Waals surface area contributed by atoms with Crippen molar-refractivity contribution in [3.63, 3.8) is 0 Å². The fourth-order valence-corrected chi connectivity index (χ4v) is 2.02. The molecule has 0 radical (unpaired) electrons. The van der Waals surface area contributed by atoms with Crippen LogP contribution in [0.5, 0.6) is 0 Å². The lowest BCUT2D eigenvalue weighted by Crippen LogP contribution is -2.55. The van der Waals surface area contributed by atoms with E-state index in [0.717, 1.165) is 6.08 Å². The van der Waals surface area contributed by atoms with Gasteiger partial charge in [-0.2, -0.15) is 21.0 Å².